The summed E-state index contributed by atoms with van der Waals surface area (Å²) in [7, 11) is 0. The molecule has 1 aliphatic rings. The van der Waals surface area contributed by atoms with E-state index in [1.54, 1.807) is 12.3 Å². The molecule has 88 valence electrons. The van der Waals surface area contributed by atoms with Gasteiger partial charge >= 0.3 is 0 Å². The third-order valence-electron chi connectivity index (χ3n) is 2.78. The van der Waals surface area contributed by atoms with Gasteiger partial charge in [-0.15, -0.1) is 11.6 Å². The smallest absolute Gasteiger partial charge is 0.225 e. The number of alkyl halides is 1. The fourth-order valence-electron chi connectivity index (χ4n) is 1.46. The van der Waals surface area contributed by atoms with Gasteiger partial charge in [-0.25, -0.2) is 4.98 Å². The van der Waals surface area contributed by atoms with Crippen LogP contribution in [0.4, 0.5) is 5.95 Å². The molecule has 2 rings (SSSR count). The fourth-order valence-corrected chi connectivity index (χ4v) is 1.82. The Morgan fingerprint density at radius 3 is 3.00 bits per heavy atom. The van der Waals surface area contributed by atoms with Crippen molar-refractivity contribution in [3.8, 4) is 5.88 Å². The Morgan fingerprint density at radius 1 is 1.56 bits per heavy atom. The summed E-state index contributed by atoms with van der Waals surface area (Å²) >= 11 is 5.90. The molecule has 1 aliphatic carbocycles. The van der Waals surface area contributed by atoms with Crippen LogP contribution in [0.25, 0.3) is 0 Å². The highest BCUT2D eigenvalue weighted by Crippen LogP contribution is 2.46. The maximum Gasteiger partial charge on any atom is 0.225 e. The topological polar surface area (TPSA) is 47.0 Å². The molecule has 4 nitrogen and oxygen atoms in total. The molecular weight excluding hydrogens is 226 g/mol. The summed E-state index contributed by atoms with van der Waals surface area (Å²) in [6.45, 7) is 3.38. The molecule has 16 heavy (non-hydrogen) atoms. The molecule has 1 aromatic heterocycles. The van der Waals surface area contributed by atoms with Gasteiger partial charge in [-0.2, -0.15) is 4.98 Å². The average Bonchev–Trinajstić information content (AvgIpc) is 3.08. The second-order valence-electron chi connectivity index (χ2n) is 4.14. The molecule has 1 saturated carbocycles. The minimum absolute atomic E-state index is 0.270. The number of ether oxygens (including phenoxy) is 1. The average molecular weight is 242 g/mol. The quantitative estimate of drug-likeness (QED) is 0.777. The minimum Gasteiger partial charge on any atom is -0.478 e. The molecule has 0 spiro atoms. The fraction of sp³-hybridized carbons (Fsp3) is 0.636. The first-order valence-electron chi connectivity index (χ1n) is 5.54. The molecule has 1 N–H and O–H groups in total. The number of rotatable bonds is 6. The Kier molecular flexibility index (Phi) is 3.49. The molecule has 0 aliphatic heterocycles. The zero-order valence-electron chi connectivity index (χ0n) is 9.37. The third kappa shape index (κ3) is 2.76. The van der Waals surface area contributed by atoms with E-state index in [0.717, 1.165) is 6.54 Å². The van der Waals surface area contributed by atoms with Crippen molar-refractivity contribution in [2.45, 2.75) is 19.8 Å². The lowest BCUT2D eigenvalue weighted by Gasteiger charge is -2.12. The van der Waals surface area contributed by atoms with E-state index in [1.807, 2.05) is 6.92 Å². The molecule has 1 heterocycles. The van der Waals surface area contributed by atoms with Gasteiger partial charge in [0, 0.05) is 30.1 Å². The van der Waals surface area contributed by atoms with E-state index >= 15 is 0 Å². The first-order valence-corrected chi connectivity index (χ1v) is 6.07. The Labute approximate surface area is 100 Å². The molecule has 0 aromatic carbocycles. The Hall–Kier alpha value is -1.03. The van der Waals surface area contributed by atoms with Crippen molar-refractivity contribution in [1.29, 1.82) is 0 Å². The summed E-state index contributed by atoms with van der Waals surface area (Å²) in [6.07, 6.45) is 4.07. The first-order chi connectivity index (χ1) is 7.78. The summed E-state index contributed by atoms with van der Waals surface area (Å²) in [5.41, 5.74) is 0.270. The van der Waals surface area contributed by atoms with Crippen LogP contribution in [0.3, 0.4) is 0 Å². The van der Waals surface area contributed by atoms with Crippen molar-refractivity contribution in [1.82, 2.24) is 9.97 Å². The molecule has 0 amide bonds. The van der Waals surface area contributed by atoms with Gasteiger partial charge in [0.25, 0.3) is 0 Å². The molecule has 0 saturated heterocycles. The second-order valence-corrected chi connectivity index (χ2v) is 4.41. The summed E-state index contributed by atoms with van der Waals surface area (Å²) < 4.78 is 5.30. The Morgan fingerprint density at radius 2 is 2.38 bits per heavy atom. The standard InChI is InChI=1S/C11H16ClN3O/c1-2-16-9-3-6-13-10(15-9)14-8-11(7-12)4-5-11/h3,6H,2,4-5,7-8H2,1H3,(H,13,14,15). The largest absolute Gasteiger partial charge is 0.478 e. The summed E-state index contributed by atoms with van der Waals surface area (Å²) in [6, 6.07) is 1.75. The lowest BCUT2D eigenvalue weighted by molar-refractivity contribution is 0.326. The monoisotopic (exact) mass is 241 g/mol. The number of hydrogen-bond acceptors (Lipinski definition) is 4. The predicted octanol–water partition coefficient (Wildman–Crippen LogP) is 2.31. The molecular formula is C11H16ClN3O. The number of halogens is 1. The van der Waals surface area contributed by atoms with E-state index in [0.29, 0.717) is 24.3 Å². The molecule has 1 aromatic rings. The van der Waals surface area contributed by atoms with Crippen LogP contribution < -0.4 is 10.1 Å². The van der Waals surface area contributed by atoms with Crippen LogP contribution in [0.15, 0.2) is 12.3 Å². The number of nitrogens with one attached hydrogen (secondary N) is 1. The van der Waals surface area contributed by atoms with Gasteiger partial charge < -0.3 is 10.1 Å². The summed E-state index contributed by atoms with van der Waals surface area (Å²) in [5.74, 6) is 1.92. The number of hydrogen-bond donors (Lipinski definition) is 1. The predicted molar refractivity (Wildman–Crippen MR) is 64.1 cm³/mol. The molecule has 0 unspecified atom stereocenters. The van der Waals surface area contributed by atoms with Crippen molar-refractivity contribution in [2.24, 2.45) is 5.41 Å². The van der Waals surface area contributed by atoms with E-state index < -0.39 is 0 Å². The van der Waals surface area contributed by atoms with Crippen LogP contribution in [0, 0.1) is 5.41 Å². The van der Waals surface area contributed by atoms with Crippen LogP contribution >= 0.6 is 11.6 Å². The maximum absolute atomic E-state index is 5.90. The van der Waals surface area contributed by atoms with E-state index in [9.17, 15) is 0 Å². The highest BCUT2D eigenvalue weighted by Gasteiger charge is 2.41. The van der Waals surface area contributed by atoms with Crippen molar-refractivity contribution in [3.63, 3.8) is 0 Å². The third-order valence-corrected chi connectivity index (χ3v) is 3.35. The molecule has 0 radical (unpaired) electrons. The van der Waals surface area contributed by atoms with Crippen LogP contribution in [0.5, 0.6) is 5.88 Å². The highest BCUT2D eigenvalue weighted by atomic mass is 35.5. The SMILES string of the molecule is CCOc1ccnc(NCC2(CCl)CC2)n1. The number of nitrogens with zero attached hydrogens (tertiary/aromatic N) is 2. The zero-order valence-corrected chi connectivity index (χ0v) is 10.1. The highest BCUT2D eigenvalue weighted by molar-refractivity contribution is 6.18. The van der Waals surface area contributed by atoms with Gasteiger partial charge in [-0.1, -0.05) is 0 Å². The van der Waals surface area contributed by atoms with Crippen molar-refractivity contribution in [2.75, 3.05) is 24.3 Å². The van der Waals surface area contributed by atoms with E-state index in [2.05, 4.69) is 15.3 Å². The molecule has 0 atom stereocenters. The summed E-state index contributed by atoms with van der Waals surface area (Å²) in [5, 5.41) is 3.21. The normalized spacial score (nSPS) is 16.9. The van der Waals surface area contributed by atoms with Crippen molar-refractivity contribution < 1.29 is 4.74 Å². The Bertz CT molecular complexity index is 355. The molecule has 5 heteroatoms. The van der Waals surface area contributed by atoms with Crippen LogP contribution in [0.1, 0.15) is 19.8 Å². The number of anilines is 1. The molecule has 0 bridgehead atoms. The van der Waals surface area contributed by atoms with Gasteiger partial charge in [0.15, 0.2) is 0 Å². The lowest BCUT2D eigenvalue weighted by atomic mass is 10.1. The van der Waals surface area contributed by atoms with E-state index in [-0.39, 0.29) is 5.41 Å². The van der Waals surface area contributed by atoms with Crippen LogP contribution in [-0.4, -0.2) is 29.0 Å². The van der Waals surface area contributed by atoms with E-state index in [1.165, 1.54) is 12.8 Å². The van der Waals surface area contributed by atoms with Gasteiger partial charge in [0.1, 0.15) is 0 Å². The maximum atomic E-state index is 5.90. The lowest BCUT2D eigenvalue weighted by Crippen LogP contribution is -2.18. The van der Waals surface area contributed by atoms with Crippen LogP contribution in [0.2, 0.25) is 0 Å². The van der Waals surface area contributed by atoms with Crippen molar-refractivity contribution >= 4 is 17.5 Å². The van der Waals surface area contributed by atoms with Gasteiger partial charge in [0.05, 0.1) is 6.61 Å². The number of aromatic nitrogens is 2. The molecule has 1 fully saturated rings. The van der Waals surface area contributed by atoms with Gasteiger partial charge in [-0.05, 0) is 19.8 Å². The van der Waals surface area contributed by atoms with Crippen molar-refractivity contribution in [3.05, 3.63) is 12.3 Å². The Balaban J connectivity index is 1.91. The van der Waals surface area contributed by atoms with Gasteiger partial charge in [-0.3, -0.25) is 0 Å². The summed E-state index contributed by atoms with van der Waals surface area (Å²) in [4.78, 5) is 8.38. The zero-order chi connectivity index (χ0) is 11.4. The first kappa shape index (κ1) is 11.5. The van der Waals surface area contributed by atoms with Gasteiger partial charge in [0.2, 0.25) is 11.8 Å². The van der Waals surface area contributed by atoms with Crippen LogP contribution in [-0.2, 0) is 0 Å². The van der Waals surface area contributed by atoms with E-state index in [4.69, 9.17) is 16.3 Å². The second kappa shape index (κ2) is 4.87. The minimum atomic E-state index is 0.270.